The molecule has 0 saturated heterocycles. The van der Waals surface area contributed by atoms with Gasteiger partial charge in [0.05, 0.1) is 27.6 Å². The topological polar surface area (TPSA) is 33.9 Å². The fourth-order valence-corrected chi connectivity index (χ4v) is 2.63. The summed E-state index contributed by atoms with van der Waals surface area (Å²) in [5.41, 5.74) is 1.77. The van der Waals surface area contributed by atoms with Gasteiger partial charge in [0, 0.05) is 0 Å². The van der Waals surface area contributed by atoms with Crippen molar-refractivity contribution in [1.29, 1.82) is 0 Å². The van der Waals surface area contributed by atoms with E-state index in [-0.39, 0.29) is 0 Å². The third-order valence-electron chi connectivity index (χ3n) is 2.93. The Morgan fingerprint density at radius 1 is 1.26 bits per heavy atom. The molecular weight excluding hydrogens is 303 g/mol. The molecule has 3 rings (SSSR count). The van der Waals surface area contributed by atoms with Crippen LogP contribution in [-0.2, 0) is 6.54 Å². The number of hydrogen-bond donors (Lipinski definition) is 1. The van der Waals surface area contributed by atoms with E-state index in [1.54, 1.807) is 12.1 Å². The molecule has 2 aromatic heterocycles. The molecule has 3 nitrogen and oxygen atoms in total. The van der Waals surface area contributed by atoms with Crippen molar-refractivity contribution in [3.63, 3.8) is 0 Å². The Labute approximate surface area is 124 Å². The maximum absolute atomic E-state index is 6.06. The highest BCUT2D eigenvalue weighted by Gasteiger charge is 2.10. The summed E-state index contributed by atoms with van der Waals surface area (Å²) >= 11 is 17.4. The van der Waals surface area contributed by atoms with Crippen LogP contribution in [0, 0.1) is 11.7 Å². The quantitative estimate of drug-likeness (QED) is 0.679. The molecule has 0 bridgehead atoms. The minimum Gasteiger partial charge on any atom is -0.464 e. The van der Waals surface area contributed by atoms with Gasteiger partial charge in [0.25, 0.3) is 0 Å². The second kappa shape index (κ2) is 4.71. The van der Waals surface area contributed by atoms with Crippen molar-refractivity contribution in [2.24, 2.45) is 0 Å². The number of nitrogens with zero attached hydrogens (tertiary/aromatic N) is 1. The molecule has 19 heavy (non-hydrogen) atoms. The monoisotopic (exact) mass is 312 g/mol. The lowest BCUT2D eigenvalue weighted by atomic mass is 10.3. The SMILES string of the molecule is Cc1ccc(Cn2c(=S)[nH]c3cc(Cl)c(Cl)cc32)o1. The summed E-state index contributed by atoms with van der Waals surface area (Å²) in [6, 6.07) is 7.45. The summed E-state index contributed by atoms with van der Waals surface area (Å²) in [6.45, 7) is 2.47. The van der Waals surface area contributed by atoms with Crippen LogP contribution in [0.3, 0.4) is 0 Å². The van der Waals surface area contributed by atoms with Crippen molar-refractivity contribution in [1.82, 2.24) is 9.55 Å². The maximum atomic E-state index is 6.06. The van der Waals surface area contributed by atoms with E-state index in [1.165, 1.54) is 0 Å². The van der Waals surface area contributed by atoms with Crippen molar-refractivity contribution in [3.05, 3.63) is 50.6 Å². The molecule has 0 spiro atoms. The van der Waals surface area contributed by atoms with Crippen LogP contribution in [0.2, 0.25) is 10.0 Å². The highest BCUT2D eigenvalue weighted by Crippen LogP contribution is 2.28. The number of aryl methyl sites for hydroxylation is 1. The van der Waals surface area contributed by atoms with E-state index in [2.05, 4.69) is 4.98 Å². The van der Waals surface area contributed by atoms with Crippen LogP contribution in [0.15, 0.2) is 28.7 Å². The van der Waals surface area contributed by atoms with Crippen LogP contribution in [-0.4, -0.2) is 9.55 Å². The molecule has 0 aliphatic heterocycles. The standard InChI is InChI=1S/C13H10Cl2N2OS/c1-7-2-3-8(18-7)6-17-12-5-10(15)9(14)4-11(12)16-13(17)19/h2-5H,6H2,1H3,(H,16,19). The first-order valence-corrected chi connectivity index (χ1v) is 6.84. The fraction of sp³-hybridized carbons (Fsp3) is 0.154. The van der Waals surface area contributed by atoms with E-state index in [4.69, 9.17) is 39.8 Å². The van der Waals surface area contributed by atoms with E-state index in [0.717, 1.165) is 22.6 Å². The predicted octanol–water partition coefficient (Wildman–Crippen LogP) is 4.96. The number of H-pyrrole nitrogens is 1. The smallest absolute Gasteiger partial charge is 0.178 e. The summed E-state index contributed by atoms with van der Waals surface area (Å²) in [4.78, 5) is 3.12. The number of furan rings is 1. The van der Waals surface area contributed by atoms with Gasteiger partial charge in [0.15, 0.2) is 4.77 Å². The third-order valence-corrected chi connectivity index (χ3v) is 3.97. The average molecular weight is 313 g/mol. The van der Waals surface area contributed by atoms with Crippen molar-refractivity contribution < 1.29 is 4.42 Å². The van der Waals surface area contributed by atoms with Gasteiger partial charge in [-0.2, -0.15) is 0 Å². The number of fused-ring (bicyclic) bond motifs is 1. The van der Waals surface area contributed by atoms with E-state index >= 15 is 0 Å². The predicted molar refractivity (Wildman–Crippen MR) is 79.7 cm³/mol. The lowest BCUT2D eigenvalue weighted by Crippen LogP contribution is -1.98. The van der Waals surface area contributed by atoms with E-state index < -0.39 is 0 Å². The number of rotatable bonds is 2. The lowest BCUT2D eigenvalue weighted by Gasteiger charge is -2.03. The Kier molecular flexibility index (Phi) is 3.17. The molecule has 0 atom stereocenters. The van der Waals surface area contributed by atoms with Crippen LogP contribution in [0.1, 0.15) is 11.5 Å². The zero-order valence-electron chi connectivity index (χ0n) is 10.0. The average Bonchev–Trinajstić information content (AvgIpc) is 2.87. The number of aromatic nitrogens is 2. The molecule has 0 saturated carbocycles. The van der Waals surface area contributed by atoms with Crippen LogP contribution in [0.4, 0.5) is 0 Å². The van der Waals surface area contributed by atoms with Gasteiger partial charge in [-0.25, -0.2) is 0 Å². The molecule has 0 radical (unpaired) electrons. The normalized spacial score (nSPS) is 11.3. The van der Waals surface area contributed by atoms with Crippen molar-refractivity contribution in [3.8, 4) is 0 Å². The van der Waals surface area contributed by atoms with Crippen LogP contribution in [0.25, 0.3) is 11.0 Å². The van der Waals surface area contributed by atoms with Crippen molar-refractivity contribution in [2.75, 3.05) is 0 Å². The summed E-state index contributed by atoms with van der Waals surface area (Å²) in [5.74, 6) is 1.73. The summed E-state index contributed by atoms with van der Waals surface area (Å²) in [7, 11) is 0. The van der Waals surface area contributed by atoms with Crippen molar-refractivity contribution in [2.45, 2.75) is 13.5 Å². The molecule has 0 unspecified atom stereocenters. The first kappa shape index (κ1) is 12.8. The maximum Gasteiger partial charge on any atom is 0.178 e. The molecule has 1 N–H and O–H groups in total. The van der Waals surface area contributed by atoms with Crippen LogP contribution in [0.5, 0.6) is 0 Å². The Hall–Kier alpha value is -1.23. The van der Waals surface area contributed by atoms with Gasteiger partial charge in [-0.15, -0.1) is 0 Å². The molecule has 0 aliphatic carbocycles. The number of hydrogen-bond acceptors (Lipinski definition) is 2. The fourth-order valence-electron chi connectivity index (χ4n) is 2.03. The first-order valence-electron chi connectivity index (χ1n) is 5.67. The molecule has 6 heteroatoms. The van der Waals surface area contributed by atoms with Crippen LogP contribution >= 0.6 is 35.4 Å². The molecule has 0 fully saturated rings. The van der Waals surface area contributed by atoms with Gasteiger partial charge in [0.2, 0.25) is 0 Å². The Bertz CT molecular complexity index is 816. The number of imidazole rings is 1. The van der Waals surface area contributed by atoms with Gasteiger partial charge < -0.3 is 14.0 Å². The van der Waals surface area contributed by atoms with Gasteiger partial charge in [-0.1, -0.05) is 23.2 Å². The summed E-state index contributed by atoms with van der Waals surface area (Å²) in [6.07, 6.45) is 0. The molecule has 98 valence electrons. The summed E-state index contributed by atoms with van der Waals surface area (Å²) in [5, 5.41) is 1.01. The Morgan fingerprint density at radius 3 is 2.68 bits per heavy atom. The molecule has 0 aliphatic rings. The summed E-state index contributed by atoms with van der Waals surface area (Å²) < 4.78 is 8.12. The minimum absolute atomic E-state index is 0.506. The third kappa shape index (κ3) is 2.31. The second-order valence-electron chi connectivity index (χ2n) is 4.31. The zero-order valence-corrected chi connectivity index (χ0v) is 12.4. The van der Waals surface area contributed by atoms with E-state index in [0.29, 0.717) is 21.4 Å². The largest absolute Gasteiger partial charge is 0.464 e. The van der Waals surface area contributed by atoms with Crippen LogP contribution < -0.4 is 0 Å². The van der Waals surface area contributed by atoms with Crippen molar-refractivity contribution >= 4 is 46.5 Å². The molecule has 0 amide bonds. The number of aromatic amines is 1. The number of nitrogens with one attached hydrogen (secondary N) is 1. The van der Waals surface area contributed by atoms with Gasteiger partial charge in [-0.05, 0) is 43.4 Å². The molecular formula is C13H10Cl2N2OS. The minimum atomic E-state index is 0.506. The first-order chi connectivity index (χ1) is 9.04. The molecule has 1 aromatic carbocycles. The highest BCUT2D eigenvalue weighted by molar-refractivity contribution is 7.71. The Morgan fingerprint density at radius 2 is 2.00 bits per heavy atom. The number of halogens is 2. The van der Waals surface area contributed by atoms with Gasteiger partial charge in [-0.3, -0.25) is 0 Å². The van der Waals surface area contributed by atoms with E-state index in [1.807, 2.05) is 23.6 Å². The van der Waals surface area contributed by atoms with Gasteiger partial charge in [0.1, 0.15) is 11.5 Å². The highest BCUT2D eigenvalue weighted by atomic mass is 35.5. The molecule has 3 aromatic rings. The lowest BCUT2D eigenvalue weighted by molar-refractivity contribution is 0.471. The molecule has 2 heterocycles. The van der Waals surface area contributed by atoms with E-state index in [9.17, 15) is 0 Å². The van der Waals surface area contributed by atoms with Gasteiger partial charge >= 0.3 is 0 Å². The second-order valence-corrected chi connectivity index (χ2v) is 5.51. The zero-order chi connectivity index (χ0) is 13.6. The number of benzene rings is 1. The Balaban J connectivity index is 2.15.